The van der Waals surface area contributed by atoms with Crippen molar-refractivity contribution in [2.24, 2.45) is 11.8 Å². The van der Waals surface area contributed by atoms with Gasteiger partial charge in [-0.3, -0.25) is 9.59 Å². The molecule has 0 radical (unpaired) electrons. The molecule has 2 rings (SSSR count). The van der Waals surface area contributed by atoms with Gasteiger partial charge in [0.2, 0.25) is 0 Å². The first kappa shape index (κ1) is 24.7. The Kier molecular flexibility index (Phi) is 10.9. The maximum Gasteiger partial charge on any atom is 0.506 e. The Labute approximate surface area is 184 Å². The van der Waals surface area contributed by atoms with Crippen molar-refractivity contribution in [2.45, 2.75) is 45.8 Å². The molecule has 2 aromatic rings. The molecule has 3 atom stereocenters. The number of carbonyl (C=O) groups is 2. The van der Waals surface area contributed by atoms with Crippen LogP contribution in [0.4, 0.5) is 0 Å². The maximum atomic E-state index is 12.7. The zero-order valence-corrected chi connectivity index (χ0v) is 18.7. The molecule has 0 aliphatic rings. The Bertz CT molecular complexity index is 824. The summed E-state index contributed by atoms with van der Waals surface area (Å²) in [5.41, 5.74) is 1.70. The molecule has 0 fully saturated rings. The van der Waals surface area contributed by atoms with E-state index < -0.39 is 31.8 Å². The first-order chi connectivity index (χ1) is 15.0. The van der Waals surface area contributed by atoms with E-state index in [0.717, 1.165) is 24.0 Å². The highest BCUT2D eigenvalue weighted by molar-refractivity contribution is 7.38. The molecule has 166 valence electrons. The minimum atomic E-state index is -2.55. The van der Waals surface area contributed by atoms with E-state index in [-0.39, 0.29) is 25.8 Å². The Morgan fingerprint density at radius 3 is 1.81 bits per heavy atom. The van der Waals surface area contributed by atoms with Crippen molar-refractivity contribution in [1.82, 2.24) is 0 Å². The van der Waals surface area contributed by atoms with Gasteiger partial charge in [-0.15, -0.1) is 0 Å². The summed E-state index contributed by atoms with van der Waals surface area (Å²) in [6.45, 7) is 2.25. The van der Waals surface area contributed by atoms with E-state index in [1.165, 1.54) is 0 Å². The quantitative estimate of drug-likeness (QED) is 0.344. The van der Waals surface area contributed by atoms with E-state index in [1.807, 2.05) is 67.6 Å². The van der Waals surface area contributed by atoms with Gasteiger partial charge in [0.25, 0.3) is 0 Å². The van der Waals surface area contributed by atoms with Gasteiger partial charge in [-0.25, -0.2) is 0 Å². The standard InChI is InChI=1S/C24H29O6P/c1-2-3-14-21(23(25)29-16-19-10-6-4-7-11-19)15-22(18-31(27)28)24(26)30-17-20-12-8-5-9-13-20/h4-13,21-22H,2-3,14-18H2,1H3/p+1. The molecule has 0 heterocycles. The van der Waals surface area contributed by atoms with Crippen molar-refractivity contribution in [3.8, 4) is 0 Å². The average molecular weight is 445 g/mol. The van der Waals surface area contributed by atoms with Crippen LogP contribution >= 0.6 is 8.03 Å². The number of carbonyl (C=O) groups excluding carboxylic acids is 2. The molecule has 6 nitrogen and oxygen atoms in total. The average Bonchev–Trinajstić information content (AvgIpc) is 2.79. The summed E-state index contributed by atoms with van der Waals surface area (Å²) in [5.74, 6) is -2.35. The van der Waals surface area contributed by atoms with Crippen molar-refractivity contribution < 1.29 is 28.5 Å². The summed E-state index contributed by atoms with van der Waals surface area (Å²) >= 11 is 0. The minimum absolute atomic E-state index is 0.0798. The van der Waals surface area contributed by atoms with Crippen molar-refractivity contribution in [1.29, 1.82) is 0 Å². The third-order valence-electron chi connectivity index (χ3n) is 4.97. The molecule has 0 amide bonds. The maximum absolute atomic E-state index is 12.7. The van der Waals surface area contributed by atoms with E-state index in [2.05, 4.69) is 0 Å². The van der Waals surface area contributed by atoms with Crippen molar-refractivity contribution >= 4 is 20.0 Å². The normalized spacial score (nSPS) is 13.2. The van der Waals surface area contributed by atoms with Gasteiger partial charge < -0.3 is 9.47 Å². The van der Waals surface area contributed by atoms with Crippen LogP contribution in [0.25, 0.3) is 0 Å². The zero-order chi connectivity index (χ0) is 22.5. The second kappa shape index (κ2) is 13.7. The second-order valence-electron chi connectivity index (χ2n) is 7.49. The molecule has 0 aromatic heterocycles. The smallest absolute Gasteiger partial charge is 0.461 e. The summed E-state index contributed by atoms with van der Waals surface area (Å²) in [7, 11) is -2.55. The van der Waals surface area contributed by atoms with E-state index in [4.69, 9.17) is 9.47 Å². The summed E-state index contributed by atoms with van der Waals surface area (Å²) < 4.78 is 22.3. The van der Waals surface area contributed by atoms with Gasteiger partial charge >= 0.3 is 20.0 Å². The monoisotopic (exact) mass is 445 g/mol. The van der Waals surface area contributed by atoms with E-state index in [9.17, 15) is 19.0 Å². The summed E-state index contributed by atoms with van der Waals surface area (Å²) in [4.78, 5) is 34.8. The van der Waals surface area contributed by atoms with Gasteiger partial charge in [-0.1, -0.05) is 80.4 Å². The van der Waals surface area contributed by atoms with Crippen LogP contribution in [0.3, 0.4) is 0 Å². The lowest BCUT2D eigenvalue weighted by molar-refractivity contribution is -0.154. The van der Waals surface area contributed by atoms with Gasteiger partial charge in [-0.2, -0.15) is 4.89 Å². The van der Waals surface area contributed by atoms with Crippen LogP contribution in [-0.2, 0) is 36.8 Å². The van der Waals surface area contributed by atoms with Crippen LogP contribution < -0.4 is 0 Å². The number of hydrogen-bond acceptors (Lipinski definition) is 5. The van der Waals surface area contributed by atoms with E-state index >= 15 is 0 Å². The number of esters is 2. The van der Waals surface area contributed by atoms with Crippen LogP contribution in [0.5, 0.6) is 0 Å². The first-order valence-electron chi connectivity index (χ1n) is 10.5. The Morgan fingerprint density at radius 2 is 1.35 bits per heavy atom. The van der Waals surface area contributed by atoms with Gasteiger partial charge in [-0.05, 0) is 28.5 Å². The molecule has 0 saturated heterocycles. The molecule has 0 aliphatic carbocycles. The molecule has 0 aliphatic heterocycles. The zero-order valence-electron chi connectivity index (χ0n) is 17.8. The van der Waals surface area contributed by atoms with Crippen LogP contribution in [-0.4, -0.2) is 23.0 Å². The summed E-state index contributed by atoms with van der Waals surface area (Å²) in [5, 5.41) is 0. The Balaban J connectivity index is 2.01. The molecule has 2 aromatic carbocycles. The third-order valence-corrected chi connectivity index (χ3v) is 5.72. The molecule has 31 heavy (non-hydrogen) atoms. The molecule has 0 bridgehead atoms. The molecular weight excluding hydrogens is 415 g/mol. The molecular formula is C24H30O6P+. The molecule has 1 N–H and O–H groups in total. The minimum Gasteiger partial charge on any atom is -0.461 e. The highest BCUT2D eigenvalue weighted by Gasteiger charge is 2.34. The van der Waals surface area contributed by atoms with Crippen LogP contribution in [0, 0.1) is 11.8 Å². The number of benzene rings is 2. The van der Waals surface area contributed by atoms with Crippen LogP contribution in [0.2, 0.25) is 0 Å². The number of rotatable bonds is 13. The van der Waals surface area contributed by atoms with Gasteiger partial charge in [0.15, 0.2) is 6.16 Å². The molecule has 0 saturated carbocycles. The van der Waals surface area contributed by atoms with E-state index in [0.29, 0.717) is 6.42 Å². The fourth-order valence-corrected chi connectivity index (χ4v) is 3.93. The number of ether oxygens (including phenoxy) is 2. The fraction of sp³-hybridized carbons (Fsp3) is 0.417. The Hall–Kier alpha value is -2.56. The van der Waals surface area contributed by atoms with Gasteiger partial charge in [0.05, 0.1) is 5.92 Å². The fourth-order valence-electron chi connectivity index (χ4n) is 3.25. The molecule has 3 unspecified atom stereocenters. The molecule has 0 spiro atoms. The lowest BCUT2D eigenvalue weighted by Gasteiger charge is -2.19. The second-order valence-corrected chi connectivity index (χ2v) is 8.56. The lowest BCUT2D eigenvalue weighted by atomic mass is 9.91. The number of hydrogen-bond donors (Lipinski definition) is 1. The topological polar surface area (TPSA) is 89.9 Å². The largest absolute Gasteiger partial charge is 0.506 e. The predicted molar refractivity (Wildman–Crippen MR) is 118 cm³/mol. The lowest BCUT2D eigenvalue weighted by Crippen LogP contribution is -2.27. The molecule has 7 heteroatoms. The SMILES string of the molecule is CCCCC(CC(C[P+](=O)O)C(=O)OCc1ccccc1)C(=O)OCc1ccccc1. The van der Waals surface area contributed by atoms with Crippen molar-refractivity contribution in [3.05, 3.63) is 71.8 Å². The Morgan fingerprint density at radius 1 is 0.871 bits per heavy atom. The van der Waals surface area contributed by atoms with E-state index in [1.54, 1.807) is 0 Å². The van der Waals surface area contributed by atoms with Crippen LogP contribution in [0.1, 0.15) is 43.7 Å². The summed E-state index contributed by atoms with van der Waals surface area (Å²) in [6, 6.07) is 18.6. The van der Waals surface area contributed by atoms with Crippen LogP contribution in [0.15, 0.2) is 60.7 Å². The number of unbranched alkanes of at least 4 members (excludes halogenated alkanes) is 1. The summed E-state index contributed by atoms with van der Waals surface area (Å²) in [6.07, 6.45) is 2.12. The predicted octanol–water partition coefficient (Wildman–Crippen LogP) is 5.02. The first-order valence-corrected chi connectivity index (χ1v) is 11.9. The van der Waals surface area contributed by atoms with Crippen molar-refractivity contribution in [2.75, 3.05) is 6.16 Å². The van der Waals surface area contributed by atoms with Gasteiger partial charge in [0, 0.05) is 0 Å². The highest BCUT2D eigenvalue weighted by atomic mass is 31.1. The third kappa shape index (κ3) is 9.41. The van der Waals surface area contributed by atoms with Gasteiger partial charge in [0.1, 0.15) is 19.1 Å². The van der Waals surface area contributed by atoms with Crippen molar-refractivity contribution in [3.63, 3.8) is 0 Å². The highest BCUT2D eigenvalue weighted by Crippen LogP contribution is 2.28.